The van der Waals surface area contributed by atoms with Crippen LogP contribution in [0.5, 0.6) is 5.75 Å². The van der Waals surface area contributed by atoms with Gasteiger partial charge in [-0.15, -0.1) is 0 Å². The molecule has 0 aliphatic carbocycles. The van der Waals surface area contributed by atoms with E-state index in [1.807, 2.05) is 4.90 Å². The number of piperazine rings is 1. The molecule has 0 radical (unpaired) electrons. The summed E-state index contributed by atoms with van der Waals surface area (Å²) >= 11 is 3.31. The first-order valence-electron chi connectivity index (χ1n) is 8.55. The number of hydrogen-bond donors (Lipinski definition) is 0. The molecule has 1 saturated heterocycles. The second-order valence-corrected chi connectivity index (χ2v) is 9.14. The second kappa shape index (κ2) is 8.52. The number of carbonyl (C=O) groups excluding carboxylic acids is 1. The molecule has 0 aromatic heterocycles. The molecule has 0 amide bonds. The Morgan fingerprint density at radius 3 is 2.15 bits per heavy atom. The zero-order valence-electron chi connectivity index (χ0n) is 15.0. The van der Waals surface area contributed by atoms with Gasteiger partial charge in [0.2, 0.25) is 10.0 Å². The monoisotopic (exact) mass is 452 g/mol. The lowest BCUT2D eigenvalue weighted by atomic mass is 10.1. The van der Waals surface area contributed by atoms with E-state index in [2.05, 4.69) is 15.9 Å². The topological polar surface area (TPSA) is 66.9 Å². The molecule has 0 saturated carbocycles. The molecular formula is C19H21BrN2O4S. The van der Waals surface area contributed by atoms with Crippen LogP contribution in [0.15, 0.2) is 57.9 Å². The summed E-state index contributed by atoms with van der Waals surface area (Å²) in [6.07, 6.45) is 0. The third-order valence-electron chi connectivity index (χ3n) is 4.56. The Bertz CT molecular complexity index is 890. The van der Waals surface area contributed by atoms with Crippen molar-refractivity contribution in [3.05, 3.63) is 58.6 Å². The van der Waals surface area contributed by atoms with Gasteiger partial charge in [0.25, 0.3) is 0 Å². The molecule has 8 heteroatoms. The average molecular weight is 453 g/mol. The van der Waals surface area contributed by atoms with Crippen molar-refractivity contribution in [1.29, 1.82) is 0 Å². The number of halogens is 1. The molecule has 1 heterocycles. The average Bonchev–Trinajstić information content (AvgIpc) is 2.69. The Hall–Kier alpha value is -1.74. The van der Waals surface area contributed by atoms with Crippen molar-refractivity contribution in [2.24, 2.45) is 0 Å². The van der Waals surface area contributed by atoms with Crippen molar-refractivity contribution >= 4 is 31.7 Å². The Balaban J connectivity index is 1.58. The first-order chi connectivity index (χ1) is 12.9. The fourth-order valence-electron chi connectivity index (χ4n) is 2.95. The molecule has 0 unspecified atom stereocenters. The Morgan fingerprint density at radius 1 is 1.00 bits per heavy atom. The molecule has 1 fully saturated rings. The molecule has 2 aromatic rings. The van der Waals surface area contributed by atoms with Crippen LogP contribution in [0.4, 0.5) is 0 Å². The van der Waals surface area contributed by atoms with Gasteiger partial charge in [0.1, 0.15) is 5.75 Å². The molecule has 2 aromatic carbocycles. The maximum atomic E-state index is 12.7. The summed E-state index contributed by atoms with van der Waals surface area (Å²) in [6, 6.07) is 13.6. The number of Topliss-reactive ketones (excluding diaryl/α,β-unsaturated/α-hetero) is 1. The van der Waals surface area contributed by atoms with Gasteiger partial charge in [0.05, 0.1) is 18.6 Å². The first kappa shape index (κ1) is 20.0. The van der Waals surface area contributed by atoms with Gasteiger partial charge >= 0.3 is 0 Å². The lowest BCUT2D eigenvalue weighted by Gasteiger charge is -2.33. The fourth-order valence-corrected chi connectivity index (χ4v) is 4.64. The van der Waals surface area contributed by atoms with Gasteiger partial charge in [-0.05, 0) is 48.5 Å². The van der Waals surface area contributed by atoms with Crippen molar-refractivity contribution in [1.82, 2.24) is 9.21 Å². The summed E-state index contributed by atoms with van der Waals surface area (Å²) < 4.78 is 32.9. The van der Waals surface area contributed by atoms with E-state index >= 15 is 0 Å². The van der Waals surface area contributed by atoms with Crippen molar-refractivity contribution in [2.45, 2.75) is 4.90 Å². The van der Waals surface area contributed by atoms with E-state index in [9.17, 15) is 13.2 Å². The summed E-state index contributed by atoms with van der Waals surface area (Å²) in [5.74, 6) is 0.722. The largest absolute Gasteiger partial charge is 0.497 e. The van der Waals surface area contributed by atoms with E-state index in [1.165, 1.54) is 4.31 Å². The molecular weight excluding hydrogens is 432 g/mol. The zero-order chi connectivity index (χ0) is 19.4. The Morgan fingerprint density at radius 2 is 1.59 bits per heavy atom. The predicted octanol–water partition coefficient (Wildman–Crippen LogP) is 2.65. The highest BCUT2D eigenvalue weighted by atomic mass is 79.9. The molecule has 144 valence electrons. The van der Waals surface area contributed by atoms with Crippen LogP contribution in [-0.2, 0) is 10.0 Å². The third kappa shape index (κ3) is 4.76. The summed E-state index contributed by atoms with van der Waals surface area (Å²) in [5.41, 5.74) is 0.626. The lowest BCUT2D eigenvalue weighted by molar-refractivity contribution is 0.0901. The molecule has 6 nitrogen and oxygen atoms in total. The second-order valence-electron chi connectivity index (χ2n) is 6.29. The Labute approximate surface area is 167 Å². The number of nitrogens with zero attached hydrogens (tertiary/aromatic N) is 2. The predicted molar refractivity (Wildman–Crippen MR) is 107 cm³/mol. The maximum absolute atomic E-state index is 12.7. The van der Waals surface area contributed by atoms with E-state index in [4.69, 9.17) is 4.74 Å². The van der Waals surface area contributed by atoms with Gasteiger partial charge in [0.15, 0.2) is 5.78 Å². The van der Waals surface area contributed by atoms with Crippen LogP contribution in [0, 0.1) is 0 Å². The maximum Gasteiger partial charge on any atom is 0.243 e. The van der Waals surface area contributed by atoms with Crippen LogP contribution in [0.25, 0.3) is 0 Å². The zero-order valence-corrected chi connectivity index (χ0v) is 17.4. The smallest absolute Gasteiger partial charge is 0.243 e. The van der Waals surface area contributed by atoms with Crippen LogP contribution in [0.1, 0.15) is 10.4 Å². The van der Waals surface area contributed by atoms with E-state index in [-0.39, 0.29) is 17.2 Å². The quantitative estimate of drug-likeness (QED) is 0.630. The van der Waals surface area contributed by atoms with Gasteiger partial charge in [-0.3, -0.25) is 9.69 Å². The van der Waals surface area contributed by atoms with Gasteiger partial charge in [-0.25, -0.2) is 8.42 Å². The molecule has 0 spiro atoms. The number of sulfonamides is 1. The van der Waals surface area contributed by atoms with Gasteiger partial charge in [0, 0.05) is 36.2 Å². The summed E-state index contributed by atoms with van der Waals surface area (Å²) in [6.45, 7) is 2.07. The Kier molecular flexibility index (Phi) is 6.31. The van der Waals surface area contributed by atoms with Crippen molar-refractivity contribution in [2.75, 3.05) is 39.8 Å². The van der Waals surface area contributed by atoms with Crippen molar-refractivity contribution < 1.29 is 17.9 Å². The van der Waals surface area contributed by atoms with Crippen LogP contribution in [0.2, 0.25) is 0 Å². The van der Waals surface area contributed by atoms with Gasteiger partial charge in [-0.1, -0.05) is 15.9 Å². The van der Waals surface area contributed by atoms with E-state index in [1.54, 1.807) is 55.6 Å². The lowest BCUT2D eigenvalue weighted by Crippen LogP contribution is -2.49. The standard InChI is InChI=1S/C19H21BrN2O4S/c1-26-17-6-2-15(3-7-17)19(23)14-21-10-12-22(13-11-21)27(24,25)18-8-4-16(20)5-9-18/h2-9H,10-14H2,1H3. The number of benzene rings is 2. The molecule has 1 aliphatic heterocycles. The van der Waals surface area contributed by atoms with Crippen LogP contribution in [-0.4, -0.2) is 63.2 Å². The number of carbonyl (C=O) groups is 1. The molecule has 0 bridgehead atoms. The number of methoxy groups -OCH3 is 1. The summed E-state index contributed by atoms with van der Waals surface area (Å²) in [5, 5.41) is 0. The van der Waals surface area contributed by atoms with Gasteiger partial charge < -0.3 is 4.74 Å². The normalized spacial score (nSPS) is 16.2. The minimum absolute atomic E-state index is 0.0156. The summed E-state index contributed by atoms with van der Waals surface area (Å²) in [4.78, 5) is 14.7. The molecule has 3 rings (SSSR count). The minimum Gasteiger partial charge on any atom is -0.497 e. The molecule has 1 aliphatic rings. The van der Waals surface area contributed by atoms with E-state index in [0.29, 0.717) is 37.5 Å². The van der Waals surface area contributed by atoms with Crippen LogP contribution >= 0.6 is 15.9 Å². The highest BCUT2D eigenvalue weighted by Gasteiger charge is 2.29. The fraction of sp³-hybridized carbons (Fsp3) is 0.316. The number of hydrogen-bond acceptors (Lipinski definition) is 5. The highest BCUT2D eigenvalue weighted by Crippen LogP contribution is 2.20. The van der Waals surface area contributed by atoms with Crippen molar-refractivity contribution in [3.8, 4) is 5.75 Å². The van der Waals surface area contributed by atoms with Crippen LogP contribution < -0.4 is 4.74 Å². The summed E-state index contributed by atoms with van der Waals surface area (Å²) in [7, 11) is -1.92. The highest BCUT2D eigenvalue weighted by molar-refractivity contribution is 9.10. The third-order valence-corrected chi connectivity index (χ3v) is 7.00. The number of ketones is 1. The van der Waals surface area contributed by atoms with Crippen molar-refractivity contribution in [3.63, 3.8) is 0 Å². The van der Waals surface area contributed by atoms with Gasteiger partial charge in [-0.2, -0.15) is 4.31 Å². The number of rotatable bonds is 6. The first-order valence-corrected chi connectivity index (χ1v) is 10.8. The van der Waals surface area contributed by atoms with E-state index < -0.39 is 10.0 Å². The molecule has 0 atom stereocenters. The molecule has 27 heavy (non-hydrogen) atoms. The van der Waals surface area contributed by atoms with E-state index in [0.717, 1.165) is 4.47 Å². The van der Waals surface area contributed by atoms with Crippen LogP contribution in [0.3, 0.4) is 0 Å². The SMILES string of the molecule is COc1ccc(C(=O)CN2CCN(S(=O)(=O)c3ccc(Br)cc3)CC2)cc1. The molecule has 0 N–H and O–H groups in total. The number of ether oxygens (including phenoxy) is 1. The minimum atomic E-state index is -3.50.